The Morgan fingerprint density at radius 1 is 1.29 bits per heavy atom. The SMILES string of the molecule is Cc1ccc(O)c(C2CCCC2C)c1. The Balaban J connectivity index is 2.34. The van der Waals surface area contributed by atoms with Gasteiger partial charge in [-0.2, -0.15) is 0 Å². The highest BCUT2D eigenvalue weighted by atomic mass is 16.3. The zero-order valence-corrected chi connectivity index (χ0v) is 8.96. The summed E-state index contributed by atoms with van der Waals surface area (Å²) in [7, 11) is 0. The topological polar surface area (TPSA) is 20.2 Å². The minimum atomic E-state index is 0.481. The molecule has 0 heterocycles. The number of benzene rings is 1. The molecule has 0 aliphatic heterocycles. The van der Waals surface area contributed by atoms with Gasteiger partial charge in [0.15, 0.2) is 0 Å². The summed E-state index contributed by atoms with van der Waals surface area (Å²) in [6.45, 7) is 4.38. The molecule has 1 nitrogen and oxygen atoms in total. The Labute approximate surface area is 85.8 Å². The molecule has 1 N–H and O–H groups in total. The first-order valence-electron chi connectivity index (χ1n) is 5.48. The van der Waals surface area contributed by atoms with Crippen LogP contribution in [-0.4, -0.2) is 5.11 Å². The summed E-state index contributed by atoms with van der Waals surface area (Å²) < 4.78 is 0. The maximum absolute atomic E-state index is 9.81. The maximum atomic E-state index is 9.81. The van der Waals surface area contributed by atoms with Crippen molar-refractivity contribution in [2.45, 2.75) is 39.0 Å². The van der Waals surface area contributed by atoms with E-state index in [1.807, 2.05) is 12.1 Å². The van der Waals surface area contributed by atoms with Crippen molar-refractivity contribution < 1.29 is 5.11 Å². The van der Waals surface area contributed by atoms with Crippen molar-refractivity contribution in [3.05, 3.63) is 29.3 Å². The summed E-state index contributed by atoms with van der Waals surface area (Å²) in [5, 5.41) is 9.81. The monoisotopic (exact) mass is 190 g/mol. The van der Waals surface area contributed by atoms with E-state index in [1.54, 1.807) is 0 Å². The van der Waals surface area contributed by atoms with Crippen molar-refractivity contribution in [3.8, 4) is 5.75 Å². The van der Waals surface area contributed by atoms with Gasteiger partial charge < -0.3 is 5.11 Å². The molecule has 0 amide bonds. The molecule has 2 atom stereocenters. The Morgan fingerprint density at radius 2 is 2.07 bits per heavy atom. The zero-order valence-electron chi connectivity index (χ0n) is 8.96. The van der Waals surface area contributed by atoms with Gasteiger partial charge in [0.05, 0.1) is 0 Å². The average Bonchev–Trinajstić information content (AvgIpc) is 2.56. The molecule has 2 rings (SSSR count). The molecule has 0 radical (unpaired) electrons. The Bertz CT molecular complexity index is 330. The summed E-state index contributed by atoms with van der Waals surface area (Å²) >= 11 is 0. The molecule has 1 aliphatic carbocycles. The van der Waals surface area contributed by atoms with Crippen LogP contribution in [-0.2, 0) is 0 Å². The number of aryl methyl sites for hydroxylation is 1. The highest BCUT2D eigenvalue weighted by Gasteiger charge is 2.26. The van der Waals surface area contributed by atoms with Crippen molar-refractivity contribution in [1.82, 2.24) is 0 Å². The molecule has 1 saturated carbocycles. The van der Waals surface area contributed by atoms with Crippen molar-refractivity contribution in [3.63, 3.8) is 0 Å². The number of phenolic OH excluding ortho intramolecular Hbond substituents is 1. The van der Waals surface area contributed by atoms with E-state index in [-0.39, 0.29) is 0 Å². The van der Waals surface area contributed by atoms with Gasteiger partial charge in [0.1, 0.15) is 5.75 Å². The van der Waals surface area contributed by atoms with Gasteiger partial charge in [0.2, 0.25) is 0 Å². The molecule has 14 heavy (non-hydrogen) atoms. The molecule has 76 valence electrons. The molecule has 1 fully saturated rings. The fourth-order valence-corrected chi connectivity index (χ4v) is 2.58. The molecule has 0 aromatic heterocycles. The molecule has 1 aromatic carbocycles. The van der Waals surface area contributed by atoms with Gasteiger partial charge in [-0.15, -0.1) is 0 Å². The summed E-state index contributed by atoms with van der Waals surface area (Å²) in [6.07, 6.45) is 3.84. The first-order chi connectivity index (χ1) is 6.68. The van der Waals surface area contributed by atoms with Crippen LogP contribution in [0.4, 0.5) is 0 Å². The lowest BCUT2D eigenvalue weighted by Gasteiger charge is -2.17. The van der Waals surface area contributed by atoms with Crippen LogP contribution in [0.5, 0.6) is 5.75 Å². The van der Waals surface area contributed by atoms with Gasteiger partial charge in [0, 0.05) is 0 Å². The van der Waals surface area contributed by atoms with E-state index in [1.165, 1.54) is 24.8 Å². The fraction of sp³-hybridized carbons (Fsp3) is 0.538. The van der Waals surface area contributed by atoms with Gasteiger partial charge in [-0.1, -0.05) is 37.5 Å². The van der Waals surface area contributed by atoms with Gasteiger partial charge in [-0.25, -0.2) is 0 Å². The predicted octanol–water partition coefficient (Wildman–Crippen LogP) is 3.60. The second-order valence-electron chi connectivity index (χ2n) is 4.58. The van der Waals surface area contributed by atoms with E-state index in [4.69, 9.17) is 0 Å². The molecule has 1 heteroatoms. The second kappa shape index (κ2) is 3.64. The van der Waals surface area contributed by atoms with E-state index in [2.05, 4.69) is 19.9 Å². The molecule has 0 bridgehead atoms. The molecule has 2 unspecified atom stereocenters. The first-order valence-corrected chi connectivity index (χ1v) is 5.48. The third kappa shape index (κ3) is 1.63. The standard InChI is InChI=1S/C13H18O/c1-9-6-7-13(14)12(8-9)11-5-3-4-10(11)2/h6-8,10-11,14H,3-5H2,1-2H3. The van der Waals surface area contributed by atoms with E-state index >= 15 is 0 Å². The minimum Gasteiger partial charge on any atom is -0.508 e. The van der Waals surface area contributed by atoms with Crippen LogP contribution in [0.15, 0.2) is 18.2 Å². The highest BCUT2D eigenvalue weighted by molar-refractivity contribution is 5.39. The van der Waals surface area contributed by atoms with E-state index in [9.17, 15) is 5.11 Å². The Hall–Kier alpha value is -0.980. The van der Waals surface area contributed by atoms with Gasteiger partial charge in [-0.05, 0) is 36.8 Å². The van der Waals surface area contributed by atoms with Crippen LogP contribution < -0.4 is 0 Å². The molecule has 0 spiro atoms. The smallest absolute Gasteiger partial charge is 0.119 e. The molecule has 1 aromatic rings. The minimum absolute atomic E-state index is 0.481. The van der Waals surface area contributed by atoms with Crippen LogP contribution in [0.25, 0.3) is 0 Å². The number of phenols is 1. The lowest BCUT2D eigenvalue weighted by atomic mass is 9.89. The molecular formula is C13H18O. The van der Waals surface area contributed by atoms with E-state index in [0.29, 0.717) is 11.7 Å². The second-order valence-corrected chi connectivity index (χ2v) is 4.58. The predicted molar refractivity (Wildman–Crippen MR) is 58.6 cm³/mol. The lowest BCUT2D eigenvalue weighted by molar-refractivity contribution is 0.445. The fourth-order valence-electron chi connectivity index (χ4n) is 2.58. The highest BCUT2D eigenvalue weighted by Crippen LogP contribution is 2.42. The number of aromatic hydroxyl groups is 1. The normalized spacial score (nSPS) is 26.7. The van der Waals surface area contributed by atoms with Crippen molar-refractivity contribution >= 4 is 0 Å². The molecule has 0 saturated heterocycles. The first kappa shape index (κ1) is 9.57. The quantitative estimate of drug-likeness (QED) is 0.717. The van der Waals surface area contributed by atoms with E-state index < -0.39 is 0 Å². The Morgan fingerprint density at radius 3 is 2.71 bits per heavy atom. The number of rotatable bonds is 1. The molecule has 1 aliphatic rings. The lowest BCUT2D eigenvalue weighted by Crippen LogP contribution is -2.02. The Kier molecular flexibility index (Phi) is 2.49. The van der Waals surface area contributed by atoms with Crippen molar-refractivity contribution in [2.24, 2.45) is 5.92 Å². The molecular weight excluding hydrogens is 172 g/mol. The summed E-state index contributed by atoms with van der Waals surface area (Å²) in [6, 6.07) is 5.94. The number of hydrogen-bond donors (Lipinski definition) is 1. The van der Waals surface area contributed by atoms with Crippen LogP contribution in [0.1, 0.15) is 43.2 Å². The van der Waals surface area contributed by atoms with Crippen LogP contribution in [0.3, 0.4) is 0 Å². The van der Waals surface area contributed by atoms with Gasteiger partial charge in [0.25, 0.3) is 0 Å². The third-order valence-electron chi connectivity index (χ3n) is 3.44. The van der Waals surface area contributed by atoms with Crippen molar-refractivity contribution in [2.75, 3.05) is 0 Å². The van der Waals surface area contributed by atoms with Gasteiger partial charge in [-0.3, -0.25) is 0 Å². The third-order valence-corrected chi connectivity index (χ3v) is 3.44. The zero-order chi connectivity index (χ0) is 10.1. The summed E-state index contributed by atoms with van der Waals surface area (Å²) in [4.78, 5) is 0. The van der Waals surface area contributed by atoms with Crippen LogP contribution in [0.2, 0.25) is 0 Å². The van der Waals surface area contributed by atoms with Crippen LogP contribution in [0, 0.1) is 12.8 Å². The number of hydrogen-bond acceptors (Lipinski definition) is 1. The van der Waals surface area contributed by atoms with Crippen molar-refractivity contribution in [1.29, 1.82) is 0 Å². The largest absolute Gasteiger partial charge is 0.508 e. The average molecular weight is 190 g/mol. The van der Waals surface area contributed by atoms with Gasteiger partial charge >= 0.3 is 0 Å². The van der Waals surface area contributed by atoms with Crippen LogP contribution >= 0.6 is 0 Å². The summed E-state index contributed by atoms with van der Waals surface area (Å²) in [5.41, 5.74) is 2.41. The summed E-state index contributed by atoms with van der Waals surface area (Å²) in [5.74, 6) is 1.78. The van der Waals surface area contributed by atoms with E-state index in [0.717, 1.165) is 11.5 Å². The maximum Gasteiger partial charge on any atom is 0.119 e.